The summed E-state index contributed by atoms with van der Waals surface area (Å²) in [4.78, 5) is 24.2. The second-order valence-corrected chi connectivity index (χ2v) is 8.94. The van der Waals surface area contributed by atoms with Crippen molar-refractivity contribution in [2.24, 2.45) is 0 Å². The Morgan fingerprint density at radius 3 is 2.77 bits per heavy atom. The Morgan fingerprint density at radius 2 is 2.00 bits per heavy atom. The Labute approximate surface area is 183 Å². The number of carbonyl (C=O) groups excluding carboxylic acids is 1. The molecule has 4 aromatic rings. The van der Waals surface area contributed by atoms with E-state index in [1.807, 2.05) is 0 Å². The highest BCUT2D eigenvalue weighted by molar-refractivity contribution is 7.92. The third kappa shape index (κ3) is 3.77. The standard InChI is InChI=1S/C20H14Cl2N4O3S/c1-11-8-13(2-3-16(11)22)30(28,29)26-17-9-12(21)10-25-18(17)19(27)14-4-6-23-20-15(14)5-7-24-20/h2-10,26H,1H3,(H,23,24)/i5D. The molecule has 4 rings (SSSR count). The minimum Gasteiger partial charge on any atom is -0.346 e. The van der Waals surface area contributed by atoms with Gasteiger partial charge in [0.15, 0.2) is 0 Å². The smallest absolute Gasteiger partial charge is 0.261 e. The molecule has 0 saturated carbocycles. The summed E-state index contributed by atoms with van der Waals surface area (Å²) in [5.41, 5.74) is 0.862. The summed E-state index contributed by atoms with van der Waals surface area (Å²) in [5.74, 6) is -0.581. The van der Waals surface area contributed by atoms with Crippen molar-refractivity contribution in [3.8, 4) is 0 Å². The summed E-state index contributed by atoms with van der Waals surface area (Å²) in [6.45, 7) is 1.68. The lowest BCUT2D eigenvalue weighted by Crippen LogP contribution is -2.17. The number of hydrogen-bond acceptors (Lipinski definition) is 5. The second-order valence-electron chi connectivity index (χ2n) is 6.41. The van der Waals surface area contributed by atoms with Crippen molar-refractivity contribution in [2.75, 3.05) is 4.72 Å². The van der Waals surface area contributed by atoms with E-state index in [1.54, 1.807) is 6.92 Å². The van der Waals surface area contributed by atoms with Crippen LogP contribution in [0.1, 0.15) is 23.0 Å². The van der Waals surface area contributed by atoms with Gasteiger partial charge >= 0.3 is 0 Å². The highest BCUT2D eigenvalue weighted by Gasteiger charge is 2.23. The number of hydrogen-bond donors (Lipinski definition) is 2. The van der Waals surface area contributed by atoms with Crippen molar-refractivity contribution in [1.29, 1.82) is 0 Å². The fourth-order valence-electron chi connectivity index (χ4n) is 2.90. The molecule has 1 aromatic carbocycles. The van der Waals surface area contributed by atoms with Gasteiger partial charge in [0, 0.05) is 34.6 Å². The molecule has 7 nitrogen and oxygen atoms in total. The number of aryl methyl sites for hydroxylation is 1. The number of H-pyrrole nitrogens is 1. The molecule has 30 heavy (non-hydrogen) atoms. The molecule has 0 fully saturated rings. The first-order valence-corrected chi connectivity index (χ1v) is 10.8. The lowest BCUT2D eigenvalue weighted by Gasteiger charge is -2.13. The lowest BCUT2D eigenvalue weighted by atomic mass is 10.0. The molecule has 0 radical (unpaired) electrons. The average molecular weight is 462 g/mol. The molecule has 3 heterocycles. The van der Waals surface area contributed by atoms with Gasteiger partial charge in [0.1, 0.15) is 11.3 Å². The van der Waals surface area contributed by atoms with Gasteiger partial charge in [-0.15, -0.1) is 0 Å². The number of nitrogens with zero attached hydrogens (tertiary/aromatic N) is 2. The molecule has 0 saturated heterocycles. The fraction of sp³-hybridized carbons (Fsp3) is 0.0500. The average Bonchev–Trinajstić information content (AvgIpc) is 3.10. The van der Waals surface area contributed by atoms with E-state index in [0.717, 1.165) is 0 Å². The number of nitrogens with one attached hydrogen (secondary N) is 2. The van der Waals surface area contributed by atoms with E-state index in [0.29, 0.717) is 21.6 Å². The Balaban J connectivity index is 1.80. The van der Waals surface area contributed by atoms with Crippen LogP contribution >= 0.6 is 23.2 Å². The number of rotatable bonds is 5. The van der Waals surface area contributed by atoms with Crippen molar-refractivity contribution in [2.45, 2.75) is 11.8 Å². The summed E-state index contributed by atoms with van der Waals surface area (Å²) >= 11 is 12.0. The number of sulfonamides is 1. The maximum absolute atomic E-state index is 13.3. The molecule has 2 N–H and O–H groups in total. The molecule has 10 heteroatoms. The van der Waals surface area contributed by atoms with Crippen molar-refractivity contribution >= 4 is 55.7 Å². The molecule has 0 aliphatic rings. The molecule has 0 amide bonds. The number of anilines is 1. The van der Waals surface area contributed by atoms with Gasteiger partial charge in [-0.25, -0.2) is 18.4 Å². The van der Waals surface area contributed by atoms with Crippen LogP contribution in [0.25, 0.3) is 11.0 Å². The number of benzene rings is 1. The van der Waals surface area contributed by atoms with Crippen LogP contribution in [0.4, 0.5) is 5.69 Å². The van der Waals surface area contributed by atoms with Gasteiger partial charge < -0.3 is 4.98 Å². The molecule has 0 unspecified atom stereocenters. The quantitative estimate of drug-likeness (QED) is 0.422. The van der Waals surface area contributed by atoms with E-state index in [2.05, 4.69) is 19.7 Å². The number of aromatic amines is 1. The zero-order valence-corrected chi connectivity index (χ0v) is 17.7. The van der Waals surface area contributed by atoms with Crippen LogP contribution in [0.2, 0.25) is 10.0 Å². The van der Waals surface area contributed by atoms with Crippen LogP contribution in [0, 0.1) is 6.92 Å². The topological polar surface area (TPSA) is 105 Å². The van der Waals surface area contributed by atoms with Gasteiger partial charge in [-0.1, -0.05) is 23.2 Å². The Hall–Kier alpha value is -2.94. The molecule has 3 aromatic heterocycles. The lowest BCUT2D eigenvalue weighted by molar-refractivity contribution is 0.103. The van der Waals surface area contributed by atoms with E-state index in [4.69, 9.17) is 24.6 Å². The Morgan fingerprint density at radius 1 is 1.20 bits per heavy atom. The van der Waals surface area contributed by atoms with Crippen LogP contribution < -0.4 is 4.72 Å². The minimum absolute atomic E-state index is 0.0295. The molecule has 0 aliphatic heterocycles. The normalized spacial score (nSPS) is 12.0. The zero-order valence-electron chi connectivity index (χ0n) is 16.4. The van der Waals surface area contributed by atoms with Gasteiger partial charge in [0.2, 0.25) is 5.78 Å². The number of pyridine rings is 2. The number of aromatic nitrogens is 3. The number of halogens is 2. The van der Waals surface area contributed by atoms with Crippen molar-refractivity contribution in [1.82, 2.24) is 15.0 Å². The van der Waals surface area contributed by atoms with Crippen LogP contribution in [-0.2, 0) is 10.0 Å². The maximum Gasteiger partial charge on any atom is 0.261 e. The highest BCUT2D eigenvalue weighted by atomic mass is 35.5. The van der Waals surface area contributed by atoms with E-state index in [9.17, 15) is 13.2 Å². The summed E-state index contributed by atoms with van der Waals surface area (Å²) in [7, 11) is -4.06. The van der Waals surface area contributed by atoms with E-state index < -0.39 is 15.8 Å². The summed E-state index contributed by atoms with van der Waals surface area (Å²) in [6.07, 6.45) is 4.08. The van der Waals surface area contributed by atoms with Crippen molar-refractivity contribution in [3.63, 3.8) is 0 Å². The maximum atomic E-state index is 13.3. The first-order chi connectivity index (χ1) is 14.7. The van der Waals surface area contributed by atoms with Gasteiger partial charge in [0.25, 0.3) is 10.0 Å². The van der Waals surface area contributed by atoms with Gasteiger partial charge in [0.05, 0.1) is 17.0 Å². The first kappa shape index (κ1) is 19.0. The highest BCUT2D eigenvalue weighted by Crippen LogP contribution is 2.27. The van der Waals surface area contributed by atoms with E-state index in [-0.39, 0.29) is 32.9 Å². The molecule has 0 aliphatic carbocycles. The molecule has 152 valence electrons. The van der Waals surface area contributed by atoms with Crippen molar-refractivity contribution < 1.29 is 14.6 Å². The number of ketones is 1. The fourth-order valence-corrected chi connectivity index (χ4v) is 4.31. The molecule has 0 bridgehead atoms. The second kappa shape index (κ2) is 7.71. The number of fused-ring (bicyclic) bond motifs is 1. The third-order valence-electron chi connectivity index (χ3n) is 4.37. The van der Waals surface area contributed by atoms with Crippen LogP contribution in [0.15, 0.2) is 59.9 Å². The van der Waals surface area contributed by atoms with Crippen molar-refractivity contribution in [3.05, 3.63) is 81.8 Å². The molecular formula is C20H14Cl2N4O3S. The van der Waals surface area contributed by atoms with Crippen LogP contribution in [-0.4, -0.2) is 29.2 Å². The first-order valence-electron chi connectivity index (χ1n) is 9.09. The third-order valence-corrected chi connectivity index (χ3v) is 6.37. The largest absolute Gasteiger partial charge is 0.346 e. The molecule has 0 atom stereocenters. The SMILES string of the molecule is [2H]c1c[nH]c2nccc(C(=O)c3ncc(Cl)cc3NS(=O)(=O)c3ccc(Cl)c(C)c3)c12. The summed E-state index contributed by atoms with van der Waals surface area (Å²) in [5, 5.41) is 0.884. The van der Waals surface area contributed by atoms with E-state index in [1.165, 1.54) is 48.9 Å². The van der Waals surface area contributed by atoms with Gasteiger partial charge in [-0.2, -0.15) is 0 Å². The predicted octanol–water partition coefficient (Wildman–Crippen LogP) is 4.60. The monoisotopic (exact) mass is 461 g/mol. The van der Waals surface area contributed by atoms with Gasteiger partial charge in [-0.3, -0.25) is 9.52 Å². The predicted molar refractivity (Wildman–Crippen MR) is 116 cm³/mol. The van der Waals surface area contributed by atoms with E-state index >= 15 is 0 Å². The Bertz CT molecular complexity index is 1450. The van der Waals surface area contributed by atoms with Crippen LogP contribution in [0.3, 0.4) is 0 Å². The summed E-state index contributed by atoms with van der Waals surface area (Å²) in [6, 6.07) is 7.09. The molecular weight excluding hydrogens is 447 g/mol. The number of carbonyl (C=O) groups is 1. The Kier molecular flexibility index (Phi) is 4.90. The van der Waals surface area contributed by atoms with Crippen LogP contribution in [0.5, 0.6) is 0 Å². The van der Waals surface area contributed by atoms with Gasteiger partial charge in [-0.05, 0) is 48.9 Å². The zero-order chi connectivity index (χ0) is 22.3. The summed E-state index contributed by atoms with van der Waals surface area (Å²) < 4.78 is 36.3. The molecule has 0 spiro atoms. The minimum atomic E-state index is -4.06.